The zero-order valence-electron chi connectivity index (χ0n) is 14.9. The summed E-state index contributed by atoms with van der Waals surface area (Å²) in [6.07, 6.45) is -0.709. The molecule has 1 N–H and O–H groups in total. The first-order chi connectivity index (χ1) is 9.09. The Bertz CT molecular complexity index is 413. The fraction of sp³-hybridized carbons (Fsp3) is 0.923. The van der Waals surface area contributed by atoms with Crippen LogP contribution in [0.5, 0.6) is 0 Å². The molecule has 5 nitrogen and oxygen atoms in total. The summed E-state index contributed by atoms with van der Waals surface area (Å²) in [5.74, 6) is 0. The fourth-order valence-corrected chi connectivity index (χ4v) is 1.87. The van der Waals surface area contributed by atoms with E-state index in [9.17, 15) is 9.90 Å². The maximum atomic E-state index is 12.4. The third kappa shape index (κ3) is 3.36. The molecule has 1 amide bonds. The topological polar surface area (TPSA) is 59.0 Å². The van der Waals surface area contributed by atoms with Crippen LogP contribution in [0.25, 0.3) is 0 Å². The van der Waals surface area contributed by atoms with Crippen molar-refractivity contribution in [3.63, 3.8) is 0 Å². The highest BCUT2D eigenvalue weighted by atomic mass is 16.6. The van der Waals surface area contributed by atoms with E-state index >= 15 is 0 Å². The predicted molar refractivity (Wildman–Crippen MR) is 68.2 cm³/mol. The van der Waals surface area contributed by atoms with E-state index in [1.807, 2.05) is 0 Å². The molecule has 0 aromatic heterocycles. The van der Waals surface area contributed by atoms with Gasteiger partial charge in [-0.1, -0.05) is 0 Å². The molecule has 5 heteroatoms. The van der Waals surface area contributed by atoms with Crippen LogP contribution in [-0.2, 0) is 9.47 Å². The SMILES string of the molecule is [2H]C([2H])([2H])[C@@](C)(O)[C@H]1COC(C)(C)N1C(=O)OC(C)(C)C. The Balaban J connectivity index is 3.14. The number of carbonyl (C=O) groups is 1. The molecular weight excluding hydrogens is 234 g/mol. The normalized spacial score (nSPS) is 30.1. The van der Waals surface area contributed by atoms with Crippen LogP contribution in [0.4, 0.5) is 4.79 Å². The van der Waals surface area contributed by atoms with Gasteiger partial charge in [0.25, 0.3) is 0 Å². The van der Waals surface area contributed by atoms with E-state index in [-0.39, 0.29) is 6.61 Å². The van der Waals surface area contributed by atoms with Crippen molar-refractivity contribution in [2.75, 3.05) is 6.61 Å². The highest BCUT2D eigenvalue weighted by Gasteiger charge is 2.50. The second-order valence-electron chi connectivity index (χ2n) is 6.27. The number of amides is 1. The van der Waals surface area contributed by atoms with E-state index in [1.165, 1.54) is 11.8 Å². The minimum atomic E-state index is -2.65. The van der Waals surface area contributed by atoms with E-state index in [1.54, 1.807) is 34.6 Å². The summed E-state index contributed by atoms with van der Waals surface area (Å²) < 4.78 is 33.3. The summed E-state index contributed by atoms with van der Waals surface area (Å²) >= 11 is 0. The van der Waals surface area contributed by atoms with Gasteiger partial charge in [0.1, 0.15) is 11.3 Å². The molecule has 0 bridgehead atoms. The van der Waals surface area contributed by atoms with Gasteiger partial charge in [0.05, 0.1) is 18.2 Å². The molecule has 1 heterocycles. The summed E-state index contributed by atoms with van der Waals surface area (Å²) in [5, 5.41) is 10.4. The van der Waals surface area contributed by atoms with Crippen molar-refractivity contribution in [1.29, 1.82) is 0 Å². The molecule has 106 valence electrons. The van der Waals surface area contributed by atoms with Crippen LogP contribution in [0.1, 0.15) is 52.5 Å². The van der Waals surface area contributed by atoms with Gasteiger partial charge in [0.15, 0.2) is 0 Å². The van der Waals surface area contributed by atoms with Gasteiger partial charge < -0.3 is 14.6 Å². The van der Waals surface area contributed by atoms with E-state index in [0.29, 0.717) is 0 Å². The molecule has 0 aromatic rings. The van der Waals surface area contributed by atoms with E-state index in [4.69, 9.17) is 13.6 Å². The van der Waals surface area contributed by atoms with Crippen LogP contribution in [-0.4, -0.2) is 45.7 Å². The molecule has 18 heavy (non-hydrogen) atoms. The first-order valence-corrected chi connectivity index (χ1v) is 5.98. The number of carbonyl (C=O) groups excluding carboxylic acids is 1. The van der Waals surface area contributed by atoms with Crippen molar-refractivity contribution in [2.24, 2.45) is 0 Å². The van der Waals surface area contributed by atoms with Crippen LogP contribution < -0.4 is 0 Å². The Morgan fingerprint density at radius 1 is 1.50 bits per heavy atom. The number of aliphatic hydroxyl groups is 1. The molecule has 2 atom stereocenters. The smallest absolute Gasteiger partial charge is 0.413 e. The van der Waals surface area contributed by atoms with Crippen molar-refractivity contribution < 1.29 is 23.5 Å². The van der Waals surface area contributed by atoms with E-state index in [0.717, 1.165) is 0 Å². The van der Waals surface area contributed by atoms with Crippen LogP contribution in [0.3, 0.4) is 0 Å². The van der Waals surface area contributed by atoms with Gasteiger partial charge in [-0.15, -0.1) is 0 Å². The number of nitrogens with zero attached hydrogens (tertiary/aromatic N) is 1. The first-order valence-electron chi connectivity index (χ1n) is 7.48. The fourth-order valence-electron chi connectivity index (χ4n) is 1.87. The molecule has 0 aromatic carbocycles. The van der Waals surface area contributed by atoms with Gasteiger partial charge in [-0.05, 0) is 48.4 Å². The second-order valence-corrected chi connectivity index (χ2v) is 6.27. The average molecular weight is 262 g/mol. The average Bonchev–Trinajstić information content (AvgIpc) is 2.49. The lowest BCUT2D eigenvalue weighted by molar-refractivity contribution is -0.0757. The van der Waals surface area contributed by atoms with Crippen molar-refractivity contribution in [1.82, 2.24) is 4.90 Å². The van der Waals surface area contributed by atoms with Crippen LogP contribution >= 0.6 is 0 Å². The van der Waals surface area contributed by atoms with E-state index < -0.39 is 35.9 Å². The third-order valence-electron chi connectivity index (χ3n) is 2.73. The standard InChI is InChI=1S/C13H25NO4/c1-11(2,3)18-10(15)14-9(12(4,5)16)8-17-13(14,6)7/h9,16H,8H2,1-7H3/t9-/m1/s1/i4D3/t9-,12+. The van der Waals surface area contributed by atoms with Crippen LogP contribution in [0.15, 0.2) is 0 Å². The number of hydrogen-bond acceptors (Lipinski definition) is 4. The maximum Gasteiger partial charge on any atom is 0.413 e. The molecule has 0 spiro atoms. The lowest BCUT2D eigenvalue weighted by Gasteiger charge is -2.38. The van der Waals surface area contributed by atoms with Gasteiger partial charge >= 0.3 is 6.09 Å². The van der Waals surface area contributed by atoms with Gasteiger partial charge in [-0.25, -0.2) is 4.79 Å². The molecule has 1 saturated heterocycles. The molecule has 1 rings (SSSR count). The van der Waals surface area contributed by atoms with Crippen LogP contribution in [0.2, 0.25) is 0 Å². The highest BCUT2D eigenvalue weighted by molar-refractivity contribution is 5.70. The van der Waals surface area contributed by atoms with Gasteiger partial charge in [-0.2, -0.15) is 0 Å². The largest absolute Gasteiger partial charge is 0.444 e. The number of rotatable bonds is 1. The number of hydrogen-bond donors (Lipinski definition) is 1. The zero-order chi connectivity index (χ0) is 16.9. The minimum Gasteiger partial charge on any atom is -0.444 e. The summed E-state index contributed by atoms with van der Waals surface area (Å²) in [6.45, 7) is 6.87. The lowest BCUT2D eigenvalue weighted by atomic mass is 9.98. The van der Waals surface area contributed by atoms with Crippen molar-refractivity contribution in [2.45, 2.75) is 71.4 Å². The zero-order valence-corrected chi connectivity index (χ0v) is 11.9. The van der Waals surface area contributed by atoms with E-state index in [2.05, 4.69) is 0 Å². The Kier molecular flexibility index (Phi) is 2.69. The molecule has 0 aliphatic carbocycles. The predicted octanol–water partition coefficient (Wildman–Crippen LogP) is 2.13. The summed E-state index contributed by atoms with van der Waals surface area (Å²) in [6, 6.07) is -1.02. The van der Waals surface area contributed by atoms with Gasteiger partial charge in [0, 0.05) is 4.11 Å². The van der Waals surface area contributed by atoms with Gasteiger partial charge in [0.2, 0.25) is 0 Å². The minimum absolute atomic E-state index is 0.0718. The quantitative estimate of drug-likeness (QED) is 0.786. The highest BCUT2D eigenvalue weighted by Crippen LogP contribution is 2.34. The maximum absolute atomic E-state index is 12.4. The van der Waals surface area contributed by atoms with Crippen LogP contribution in [0, 0.1) is 0 Å². The molecule has 1 aliphatic rings. The molecule has 0 unspecified atom stereocenters. The number of ether oxygens (including phenoxy) is 2. The molecule has 0 radical (unpaired) electrons. The Labute approximate surface area is 113 Å². The first kappa shape index (κ1) is 11.1. The summed E-state index contributed by atoms with van der Waals surface area (Å²) in [7, 11) is 0. The van der Waals surface area contributed by atoms with Crippen molar-refractivity contribution in [3.8, 4) is 0 Å². The Morgan fingerprint density at radius 2 is 2.06 bits per heavy atom. The third-order valence-corrected chi connectivity index (χ3v) is 2.73. The lowest BCUT2D eigenvalue weighted by Crippen LogP contribution is -2.56. The van der Waals surface area contributed by atoms with Gasteiger partial charge in [-0.3, -0.25) is 4.90 Å². The molecular formula is C13H25NO4. The Hall–Kier alpha value is -0.810. The van der Waals surface area contributed by atoms with Crippen molar-refractivity contribution >= 4 is 6.09 Å². The Morgan fingerprint density at radius 3 is 2.50 bits per heavy atom. The second kappa shape index (κ2) is 4.38. The van der Waals surface area contributed by atoms with Crippen molar-refractivity contribution in [3.05, 3.63) is 0 Å². The molecule has 1 aliphatic heterocycles. The molecule has 0 saturated carbocycles. The molecule has 1 fully saturated rings. The summed E-state index contributed by atoms with van der Waals surface area (Å²) in [4.78, 5) is 13.6. The monoisotopic (exact) mass is 262 g/mol. The summed E-state index contributed by atoms with van der Waals surface area (Å²) in [5.41, 5.74) is -3.88.